The summed E-state index contributed by atoms with van der Waals surface area (Å²) in [7, 11) is 0. The fraction of sp³-hybridized carbons (Fsp3) is 0.100. The Morgan fingerprint density at radius 3 is 2.33 bits per heavy atom. The minimum Gasteiger partial charge on any atom is -0.198 e. The molecule has 0 aliphatic carbocycles. The fourth-order valence-corrected chi connectivity index (χ4v) is 0.879. The van der Waals surface area contributed by atoms with Gasteiger partial charge in [0.25, 0.3) is 0 Å². The molecule has 0 aromatic heterocycles. The Kier molecular flexibility index (Phi) is 2.87. The molecule has 1 rings (SSSR count). The summed E-state index contributed by atoms with van der Waals surface area (Å²) in [6, 6.07) is 11.2. The van der Waals surface area contributed by atoms with Gasteiger partial charge in [-0.05, 0) is 24.1 Å². The van der Waals surface area contributed by atoms with Gasteiger partial charge in [-0.25, -0.2) is 0 Å². The van der Waals surface area contributed by atoms with E-state index in [1.54, 1.807) is 12.1 Å². The second-order valence-corrected chi connectivity index (χ2v) is 2.35. The standard InChI is InChI=1S/C10H7N2/c11-7-1-2-9-3-5-10(8-12)6-4-9/h1,3-6H,2H2. The van der Waals surface area contributed by atoms with E-state index in [-0.39, 0.29) is 0 Å². The summed E-state index contributed by atoms with van der Waals surface area (Å²) in [5.41, 5.74) is 1.70. The lowest BCUT2D eigenvalue weighted by molar-refractivity contribution is 1.19. The van der Waals surface area contributed by atoms with E-state index in [2.05, 4.69) is 0 Å². The van der Waals surface area contributed by atoms with Crippen LogP contribution in [0.3, 0.4) is 0 Å². The molecule has 57 valence electrons. The number of nitrogens with zero attached hydrogens (tertiary/aromatic N) is 2. The molecule has 2 nitrogen and oxygen atoms in total. The van der Waals surface area contributed by atoms with E-state index >= 15 is 0 Å². The van der Waals surface area contributed by atoms with Crippen molar-refractivity contribution >= 4 is 0 Å². The molecule has 0 amide bonds. The third kappa shape index (κ3) is 2.11. The Balaban J connectivity index is 2.68. The van der Waals surface area contributed by atoms with E-state index in [0.29, 0.717) is 12.0 Å². The summed E-state index contributed by atoms with van der Waals surface area (Å²) in [5, 5.41) is 16.8. The highest BCUT2D eigenvalue weighted by molar-refractivity contribution is 5.32. The van der Waals surface area contributed by atoms with Crippen molar-refractivity contribution in [3.63, 3.8) is 0 Å². The molecule has 1 aromatic carbocycles. The second kappa shape index (κ2) is 4.16. The van der Waals surface area contributed by atoms with Gasteiger partial charge in [-0.1, -0.05) is 12.1 Å². The number of rotatable bonds is 2. The third-order valence-corrected chi connectivity index (χ3v) is 1.51. The van der Waals surface area contributed by atoms with Crippen LogP contribution in [0.4, 0.5) is 0 Å². The van der Waals surface area contributed by atoms with Crippen molar-refractivity contribution in [1.29, 1.82) is 10.5 Å². The van der Waals surface area contributed by atoms with Crippen LogP contribution in [0, 0.1) is 29.1 Å². The highest BCUT2D eigenvalue weighted by atomic mass is 14.2. The SMILES string of the molecule is N#C[CH]Cc1ccc(C#N)cc1. The van der Waals surface area contributed by atoms with E-state index in [4.69, 9.17) is 10.5 Å². The van der Waals surface area contributed by atoms with Crippen LogP contribution >= 0.6 is 0 Å². The first-order valence-corrected chi connectivity index (χ1v) is 3.57. The van der Waals surface area contributed by atoms with E-state index in [9.17, 15) is 0 Å². The van der Waals surface area contributed by atoms with Crippen molar-refractivity contribution < 1.29 is 0 Å². The zero-order chi connectivity index (χ0) is 8.81. The Labute approximate surface area is 71.7 Å². The Hall–Kier alpha value is -1.80. The molecule has 0 fully saturated rings. The van der Waals surface area contributed by atoms with Crippen LogP contribution in [-0.2, 0) is 6.42 Å². The molecule has 1 aromatic rings. The van der Waals surface area contributed by atoms with Gasteiger partial charge in [0.2, 0.25) is 0 Å². The molecule has 0 aliphatic rings. The van der Waals surface area contributed by atoms with Crippen LogP contribution in [0.25, 0.3) is 0 Å². The van der Waals surface area contributed by atoms with E-state index in [1.165, 1.54) is 6.42 Å². The maximum Gasteiger partial charge on any atom is 0.0991 e. The number of hydrogen-bond acceptors (Lipinski definition) is 2. The second-order valence-electron chi connectivity index (χ2n) is 2.35. The quantitative estimate of drug-likeness (QED) is 0.654. The monoisotopic (exact) mass is 155 g/mol. The zero-order valence-electron chi connectivity index (χ0n) is 6.49. The first-order chi connectivity index (χ1) is 5.86. The van der Waals surface area contributed by atoms with Gasteiger partial charge < -0.3 is 0 Å². The van der Waals surface area contributed by atoms with Crippen LogP contribution in [0.15, 0.2) is 24.3 Å². The van der Waals surface area contributed by atoms with Crippen molar-refractivity contribution in [3.8, 4) is 12.1 Å². The summed E-state index contributed by atoms with van der Waals surface area (Å²) in [5.74, 6) is 0. The lowest BCUT2D eigenvalue weighted by Crippen LogP contribution is -1.83. The molecule has 0 N–H and O–H groups in total. The molecule has 2 heteroatoms. The van der Waals surface area contributed by atoms with Crippen molar-refractivity contribution in [3.05, 3.63) is 41.8 Å². The van der Waals surface area contributed by atoms with E-state index < -0.39 is 0 Å². The van der Waals surface area contributed by atoms with Gasteiger partial charge in [-0.3, -0.25) is 0 Å². The normalized spacial score (nSPS) is 8.50. The Morgan fingerprint density at radius 2 is 1.83 bits per heavy atom. The number of nitriles is 2. The van der Waals surface area contributed by atoms with Crippen molar-refractivity contribution in [1.82, 2.24) is 0 Å². The maximum atomic E-state index is 8.49. The first kappa shape index (κ1) is 8.30. The zero-order valence-corrected chi connectivity index (χ0v) is 6.49. The lowest BCUT2D eigenvalue weighted by atomic mass is 10.1. The van der Waals surface area contributed by atoms with Gasteiger partial charge >= 0.3 is 0 Å². The van der Waals surface area contributed by atoms with Crippen molar-refractivity contribution in [2.45, 2.75) is 6.42 Å². The highest BCUT2D eigenvalue weighted by Crippen LogP contribution is 2.04. The predicted molar refractivity (Wildman–Crippen MR) is 44.8 cm³/mol. The van der Waals surface area contributed by atoms with Gasteiger partial charge in [0.15, 0.2) is 0 Å². The van der Waals surface area contributed by atoms with Crippen LogP contribution in [0.2, 0.25) is 0 Å². The summed E-state index contributed by atoms with van der Waals surface area (Å²) >= 11 is 0. The molecule has 0 bridgehead atoms. The van der Waals surface area contributed by atoms with E-state index in [0.717, 1.165) is 5.56 Å². The van der Waals surface area contributed by atoms with Gasteiger partial charge in [-0.15, -0.1) is 0 Å². The molecule has 0 unspecified atom stereocenters. The van der Waals surface area contributed by atoms with Gasteiger partial charge in [-0.2, -0.15) is 10.5 Å². The molecule has 0 spiro atoms. The Morgan fingerprint density at radius 1 is 1.17 bits per heavy atom. The van der Waals surface area contributed by atoms with Gasteiger partial charge in [0.05, 0.1) is 24.1 Å². The fourth-order valence-electron chi connectivity index (χ4n) is 0.879. The van der Waals surface area contributed by atoms with Crippen molar-refractivity contribution in [2.24, 2.45) is 0 Å². The molecule has 0 saturated heterocycles. The average molecular weight is 155 g/mol. The van der Waals surface area contributed by atoms with E-state index in [1.807, 2.05) is 24.3 Å². The summed E-state index contributed by atoms with van der Waals surface area (Å²) in [6.07, 6.45) is 2.17. The highest BCUT2D eigenvalue weighted by Gasteiger charge is 1.92. The Bertz CT molecular complexity index is 324. The van der Waals surface area contributed by atoms with Crippen LogP contribution in [0.1, 0.15) is 11.1 Å². The first-order valence-electron chi connectivity index (χ1n) is 3.57. The molecule has 1 radical (unpaired) electrons. The molecular formula is C10H7N2. The largest absolute Gasteiger partial charge is 0.198 e. The average Bonchev–Trinajstić information content (AvgIpc) is 2.15. The van der Waals surface area contributed by atoms with Gasteiger partial charge in [0, 0.05) is 0 Å². The van der Waals surface area contributed by atoms with Crippen LogP contribution < -0.4 is 0 Å². The number of benzene rings is 1. The minimum absolute atomic E-state index is 0.641. The third-order valence-electron chi connectivity index (χ3n) is 1.51. The predicted octanol–water partition coefficient (Wildman–Crippen LogP) is 1.83. The molecule has 0 atom stereocenters. The van der Waals surface area contributed by atoms with Gasteiger partial charge in [0.1, 0.15) is 0 Å². The lowest BCUT2D eigenvalue weighted by Gasteiger charge is -1.94. The number of hydrogen-bond donors (Lipinski definition) is 0. The molecule has 12 heavy (non-hydrogen) atoms. The summed E-state index contributed by atoms with van der Waals surface area (Å²) in [6.45, 7) is 0. The molecule has 0 heterocycles. The van der Waals surface area contributed by atoms with Crippen LogP contribution in [-0.4, -0.2) is 0 Å². The molecule has 0 saturated carbocycles. The minimum atomic E-state index is 0.641. The topological polar surface area (TPSA) is 47.6 Å². The summed E-state index contributed by atoms with van der Waals surface area (Å²) in [4.78, 5) is 0. The smallest absolute Gasteiger partial charge is 0.0991 e. The summed E-state index contributed by atoms with van der Waals surface area (Å²) < 4.78 is 0. The molecular weight excluding hydrogens is 148 g/mol. The maximum absolute atomic E-state index is 8.49. The molecule has 0 aliphatic heterocycles. The van der Waals surface area contributed by atoms with Crippen molar-refractivity contribution in [2.75, 3.05) is 0 Å². The van der Waals surface area contributed by atoms with Crippen LogP contribution in [0.5, 0.6) is 0 Å².